The number of hydrogen-bond acceptors (Lipinski definition) is 4. The predicted molar refractivity (Wildman–Crippen MR) is 97.9 cm³/mol. The first-order valence-electron chi connectivity index (χ1n) is 8.02. The topological polar surface area (TPSA) is 36.4 Å². The Kier molecular flexibility index (Phi) is 6.88. The molecule has 1 aliphatic rings. The van der Waals surface area contributed by atoms with E-state index in [4.69, 9.17) is 0 Å². The Labute approximate surface area is 160 Å². The van der Waals surface area contributed by atoms with E-state index in [2.05, 4.69) is 9.88 Å². The van der Waals surface area contributed by atoms with Gasteiger partial charge in [0.25, 0.3) is 0 Å². The van der Waals surface area contributed by atoms with Crippen LogP contribution in [0.3, 0.4) is 0 Å². The van der Waals surface area contributed by atoms with Crippen LogP contribution in [0.2, 0.25) is 0 Å². The zero-order valence-corrected chi connectivity index (χ0v) is 15.5. The summed E-state index contributed by atoms with van der Waals surface area (Å²) in [6.45, 7) is 2.79. The van der Waals surface area contributed by atoms with Crippen LogP contribution in [-0.4, -0.2) is 42.0 Å². The van der Waals surface area contributed by atoms with Gasteiger partial charge < -0.3 is 9.80 Å². The van der Waals surface area contributed by atoms with Crippen LogP contribution in [-0.2, 0) is 17.4 Å². The largest absolute Gasteiger partial charge is 0.416 e. The molecule has 142 valence electrons. The third-order valence-corrected chi connectivity index (χ3v) is 5.06. The molecule has 1 aromatic heterocycles. The van der Waals surface area contributed by atoms with E-state index in [1.54, 1.807) is 17.5 Å². The minimum atomic E-state index is -4.33. The van der Waals surface area contributed by atoms with Crippen LogP contribution in [0.4, 0.5) is 18.3 Å². The van der Waals surface area contributed by atoms with Crippen molar-refractivity contribution in [2.75, 3.05) is 31.1 Å². The van der Waals surface area contributed by atoms with Crippen LogP contribution in [0.1, 0.15) is 17.5 Å². The lowest BCUT2D eigenvalue weighted by molar-refractivity contribution is -0.137. The monoisotopic (exact) mass is 405 g/mol. The van der Waals surface area contributed by atoms with Crippen LogP contribution >= 0.6 is 23.7 Å². The zero-order chi connectivity index (χ0) is 17.9. The Morgan fingerprint density at radius 3 is 2.31 bits per heavy atom. The van der Waals surface area contributed by atoms with E-state index in [0.29, 0.717) is 25.9 Å². The quantitative estimate of drug-likeness (QED) is 0.774. The molecule has 1 amide bonds. The fourth-order valence-corrected chi connectivity index (χ4v) is 3.49. The molecule has 1 aliphatic heterocycles. The first-order chi connectivity index (χ1) is 11.9. The highest BCUT2D eigenvalue weighted by molar-refractivity contribution is 7.13. The smallest absolute Gasteiger partial charge is 0.345 e. The van der Waals surface area contributed by atoms with Gasteiger partial charge in [0.1, 0.15) is 0 Å². The average Bonchev–Trinajstić information content (AvgIpc) is 3.14. The summed E-state index contributed by atoms with van der Waals surface area (Å²) in [6, 6.07) is 5.01. The van der Waals surface area contributed by atoms with Crippen LogP contribution < -0.4 is 4.90 Å². The number of carbonyl (C=O) groups excluding carboxylic acids is 1. The van der Waals surface area contributed by atoms with Gasteiger partial charge in [-0.2, -0.15) is 13.2 Å². The summed E-state index contributed by atoms with van der Waals surface area (Å²) in [4.78, 5) is 20.5. The van der Waals surface area contributed by atoms with E-state index in [1.165, 1.54) is 12.1 Å². The van der Waals surface area contributed by atoms with E-state index < -0.39 is 11.7 Å². The van der Waals surface area contributed by atoms with Gasteiger partial charge in [-0.3, -0.25) is 4.79 Å². The van der Waals surface area contributed by atoms with Crippen molar-refractivity contribution < 1.29 is 18.0 Å². The van der Waals surface area contributed by atoms with Gasteiger partial charge in [0.2, 0.25) is 5.91 Å². The van der Waals surface area contributed by atoms with Crippen LogP contribution in [0, 0.1) is 0 Å². The first-order valence-corrected chi connectivity index (χ1v) is 8.90. The third-order valence-electron chi connectivity index (χ3n) is 4.23. The molecule has 9 heteroatoms. The van der Waals surface area contributed by atoms with Gasteiger partial charge >= 0.3 is 6.18 Å². The lowest BCUT2D eigenvalue weighted by Crippen LogP contribution is -2.48. The molecule has 2 aromatic rings. The Morgan fingerprint density at radius 1 is 1.12 bits per heavy atom. The summed E-state index contributed by atoms with van der Waals surface area (Å²) in [5, 5.41) is 2.90. The lowest BCUT2D eigenvalue weighted by Gasteiger charge is -2.34. The number of halogens is 4. The maximum Gasteiger partial charge on any atom is 0.416 e. The van der Waals surface area contributed by atoms with E-state index >= 15 is 0 Å². The number of alkyl halides is 3. The molecule has 1 aromatic carbocycles. The van der Waals surface area contributed by atoms with Crippen LogP contribution in [0.25, 0.3) is 0 Å². The van der Waals surface area contributed by atoms with Crippen molar-refractivity contribution in [2.24, 2.45) is 0 Å². The summed E-state index contributed by atoms with van der Waals surface area (Å²) < 4.78 is 37.6. The molecular weight excluding hydrogens is 387 g/mol. The number of nitrogens with zero attached hydrogens (tertiary/aromatic N) is 3. The molecule has 1 saturated heterocycles. The molecule has 4 nitrogen and oxygen atoms in total. The van der Waals surface area contributed by atoms with Crippen LogP contribution in [0.5, 0.6) is 0 Å². The number of aryl methyl sites for hydroxylation is 1. The van der Waals surface area contributed by atoms with Gasteiger partial charge in [0.15, 0.2) is 5.13 Å². The molecule has 0 unspecified atom stereocenters. The first kappa shape index (κ1) is 20.5. The van der Waals surface area contributed by atoms with Gasteiger partial charge in [-0.25, -0.2) is 4.98 Å². The predicted octanol–water partition coefficient (Wildman–Crippen LogP) is 3.87. The molecule has 0 N–H and O–H groups in total. The van der Waals surface area contributed by atoms with E-state index in [9.17, 15) is 18.0 Å². The number of benzene rings is 1. The highest BCUT2D eigenvalue weighted by Gasteiger charge is 2.30. The Balaban J connectivity index is 0.00000243. The molecule has 26 heavy (non-hydrogen) atoms. The molecular formula is C17H19ClF3N3OS. The number of aromatic nitrogens is 1. The minimum Gasteiger partial charge on any atom is -0.345 e. The SMILES string of the molecule is Cl.O=C(CCc1ccc(C(F)(F)F)cc1)N1CCN(c2nccs2)CC1. The number of rotatable bonds is 4. The van der Waals surface area contributed by atoms with Gasteiger partial charge in [-0.1, -0.05) is 12.1 Å². The molecule has 0 spiro atoms. The summed E-state index contributed by atoms with van der Waals surface area (Å²) in [5.74, 6) is 0.0405. The Hall–Kier alpha value is -1.80. The minimum absolute atomic E-state index is 0. The number of anilines is 1. The van der Waals surface area contributed by atoms with Crippen molar-refractivity contribution in [1.29, 1.82) is 0 Å². The second-order valence-corrected chi connectivity index (χ2v) is 6.75. The van der Waals surface area contributed by atoms with Gasteiger partial charge in [-0.05, 0) is 24.1 Å². The fourth-order valence-electron chi connectivity index (χ4n) is 2.79. The molecule has 0 atom stereocenters. The van der Waals surface area contributed by atoms with Crippen molar-refractivity contribution in [1.82, 2.24) is 9.88 Å². The maximum atomic E-state index is 12.5. The number of piperazine rings is 1. The van der Waals surface area contributed by atoms with Crippen molar-refractivity contribution in [3.8, 4) is 0 Å². The summed E-state index contributed by atoms with van der Waals surface area (Å²) >= 11 is 1.58. The Bertz CT molecular complexity index is 699. The fraction of sp³-hybridized carbons (Fsp3) is 0.412. The molecule has 0 bridgehead atoms. The highest BCUT2D eigenvalue weighted by Crippen LogP contribution is 2.29. The lowest BCUT2D eigenvalue weighted by atomic mass is 10.1. The molecule has 0 aliphatic carbocycles. The van der Waals surface area contributed by atoms with Gasteiger partial charge in [0, 0.05) is 44.2 Å². The zero-order valence-electron chi connectivity index (χ0n) is 13.9. The van der Waals surface area contributed by atoms with Gasteiger partial charge in [0.05, 0.1) is 5.56 Å². The van der Waals surface area contributed by atoms with E-state index in [1.807, 2.05) is 10.3 Å². The number of carbonyl (C=O) groups is 1. The number of thiazole rings is 1. The van der Waals surface area contributed by atoms with Crippen LogP contribution in [0.15, 0.2) is 35.8 Å². The second kappa shape index (κ2) is 8.73. The van der Waals surface area contributed by atoms with Crippen molar-refractivity contribution >= 4 is 34.8 Å². The van der Waals surface area contributed by atoms with E-state index in [0.717, 1.165) is 35.9 Å². The Morgan fingerprint density at radius 2 is 1.77 bits per heavy atom. The summed E-state index contributed by atoms with van der Waals surface area (Å²) in [7, 11) is 0. The summed E-state index contributed by atoms with van der Waals surface area (Å²) in [5.41, 5.74) is 0.0728. The molecule has 0 saturated carbocycles. The number of hydrogen-bond donors (Lipinski definition) is 0. The number of amides is 1. The molecule has 1 fully saturated rings. The van der Waals surface area contributed by atoms with Crippen molar-refractivity contribution in [3.05, 3.63) is 47.0 Å². The van der Waals surface area contributed by atoms with Gasteiger partial charge in [-0.15, -0.1) is 23.7 Å². The second-order valence-electron chi connectivity index (χ2n) is 5.88. The average molecular weight is 406 g/mol. The maximum absolute atomic E-state index is 12.5. The van der Waals surface area contributed by atoms with Crippen molar-refractivity contribution in [3.63, 3.8) is 0 Å². The normalized spacial score (nSPS) is 14.9. The van der Waals surface area contributed by atoms with Crippen molar-refractivity contribution in [2.45, 2.75) is 19.0 Å². The van der Waals surface area contributed by atoms with E-state index in [-0.39, 0.29) is 18.3 Å². The molecule has 2 heterocycles. The molecule has 0 radical (unpaired) electrons. The highest BCUT2D eigenvalue weighted by atomic mass is 35.5. The standard InChI is InChI=1S/C17H18F3N3OS.ClH/c18-17(19,20)14-4-1-13(2-5-14)3-6-15(24)22-8-10-23(11-9-22)16-21-7-12-25-16;/h1-2,4-5,7,12H,3,6,8-11H2;1H. The third kappa shape index (κ3) is 5.11. The summed E-state index contributed by atoms with van der Waals surface area (Å²) in [6.07, 6.45) is -1.81. The molecule has 3 rings (SSSR count).